The van der Waals surface area contributed by atoms with Crippen molar-refractivity contribution < 1.29 is 13.9 Å². The number of ketones is 1. The Bertz CT molecular complexity index is 465. The van der Waals surface area contributed by atoms with E-state index in [-0.39, 0.29) is 23.3 Å². The third-order valence-corrected chi connectivity index (χ3v) is 3.25. The van der Waals surface area contributed by atoms with Crippen molar-refractivity contribution in [2.45, 2.75) is 25.2 Å². The Morgan fingerprint density at radius 1 is 1.47 bits per heavy atom. The molecule has 0 bridgehead atoms. The Morgan fingerprint density at radius 2 is 2.24 bits per heavy atom. The molecule has 0 radical (unpaired) electrons. The van der Waals surface area contributed by atoms with Gasteiger partial charge in [0, 0.05) is 6.42 Å². The summed E-state index contributed by atoms with van der Waals surface area (Å²) in [4.78, 5) is 11.3. The van der Waals surface area contributed by atoms with Crippen LogP contribution < -0.4 is 4.74 Å². The number of carbonyl (C=O) groups excluding carboxylic acids is 1. The first-order valence-electron chi connectivity index (χ1n) is 5.66. The molecule has 1 saturated carbocycles. The van der Waals surface area contributed by atoms with Gasteiger partial charge in [-0.2, -0.15) is 0 Å². The van der Waals surface area contributed by atoms with E-state index in [4.69, 9.17) is 4.74 Å². The van der Waals surface area contributed by atoms with Crippen LogP contribution in [0.15, 0.2) is 30.4 Å². The minimum absolute atomic E-state index is 0.134. The maximum absolute atomic E-state index is 13.6. The van der Waals surface area contributed by atoms with Crippen LogP contribution in [0, 0.1) is 5.82 Å². The van der Waals surface area contributed by atoms with E-state index < -0.39 is 0 Å². The SMILES string of the molecule is C=C1CC(c2ccc(OC)c(F)c2)CCC1=O. The molecule has 3 heteroatoms. The summed E-state index contributed by atoms with van der Waals surface area (Å²) in [5, 5.41) is 0. The molecule has 0 saturated heterocycles. The molecule has 0 heterocycles. The summed E-state index contributed by atoms with van der Waals surface area (Å²) in [6, 6.07) is 4.98. The van der Waals surface area contributed by atoms with Crippen LogP contribution in [-0.2, 0) is 4.79 Å². The van der Waals surface area contributed by atoms with Gasteiger partial charge in [-0.25, -0.2) is 4.39 Å². The number of hydrogen-bond acceptors (Lipinski definition) is 2. The van der Waals surface area contributed by atoms with E-state index in [1.165, 1.54) is 13.2 Å². The van der Waals surface area contributed by atoms with Crippen molar-refractivity contribution in [1.29, 1.82) is 0 Å². The van der Waals surface area contributed by atoms with Gasteiger partial charge in [-0.1, -0.05) is 12.6 Å². The molecule has 2 nitrogen and oxygen atoms in total. The minimum Gasteiger partial charge on any atom is -0.494 e. The van der Waals surface area contributed by atoms with E-state index in [9.17, 15) is 9.18 Å². The zero-order chi connectivity index (χ0) is 12.4. The average Bonchev–Trinajstić information content (AvgIpc) is 2.32. The molecule has 0 aliphatic heterocycles. The number of carbonyl (C=O) groups is 1. The van der Waals surface area contributed by atoms with Gasteiger partial charge in [0.25, 0.3) is 0 Å². The van der Waals surface area contributed by atoms with E-state index in [0.29, 0.717) is 18.4 Å². The molecule has 1 aromatic rings. The molecule has 1 unspecified atom stereocenters. The van der Waals surface area contributed by atoms with Crippen LogP contribution in [0.1, 0.15) is 30.7 Å². The van der Waals surface area contributed by atoms with Crippen LogP contribution in [0.25, 0.3) is 0 Å². The molecule has 0 amide bonds. The van der Waals surface area contributed by atoms with Gasteiger partial charge < -0.3 is 4.74 Å². The van der Waals surface area contributed by atoms with E-state index in [2.05, 4.69) is 6.58 Å². The zero-order valence-electron chi connectivity index (χ0n) is 9.83. The number of halogens is 1. The number of benzene rings is 1. The second-order valence-electron chi connectivity index (χ2n) is 4.36. The molecule has 0 aromatic heterocycles. The maximum atomic E-state index is 13.6. The number of Topliss-reactive ketones (excluding diaryl/α,β-unsaturated/α-hetero) is 1. The van der Waals surface area contributed by atoms with Gasteiger partial charge in [0.15, 0.2) is 17.3 Å². The van der Waals surface area contributed by atoms with E-state index in [1.807, 2.05) is 6.07 Å². The Labute approximate surface area is 100 Å². The molecule has 1 aromatic carbocycles. The number of ether oxygens (including phenoxy) is 1. The third kappa shape index (κ3) is 2.38. The monoisotopic (exact) mass is 234 g/mol. The Kier molecular flexibility index (Phi) is 3.27. The molecule has 0 N–H and O–H groups in total. The number of methoxy groups -OCH3 is 1. The number of hydrogen-bond donors (Lipinski definition) is 0. The van der Waals surface area contributed by atoms with Crippen LogP contribution in [0.3, 0.4) is 0 Å². The molecule has 1 atom stereocenters. The normalized spacial score (nSPS) is 20.5. The van der Waals surface area contributed by atoms with Crippen molar-refractivity contribution in [1.82, 2.24) is 0 Å². The van der Waals surface area contributed by atoms with Crippen LogP contribution in [0.2, 0.25) is 0 Å². The van der Waals surface area contributed by atoms with Crippen molar-refractivity contribution >= 4 is 5.78 Å². The molecule has 1 fully saturated rings. The molecule has 90 valence electrons. The highest BCUT2D eigenvalue weighted by Crippen LogP contribution is 2.34. The topological polar surface area (TPSA) is 26.3 Å². The van der Waals surface area contributed by atoms with E-state index in [0.717, 1.165) is 12.0 Å². The van der Waals surface area contributed by atoms with Crippen molar-refractivity contribution in [3.63, 3.8) is 0 Å². The molecule has 0 spiro atoms. The quantitative estimate of drug-likeness (QED) is 0.734. The molecular formula is C14H15FO2. The molecule has 17 heavy (non-hydrogen) atoms. The van der Waals surface area contributed by atoms with Gasteiger partial charge in [0.1, 0.15) is 0 Å². The summed E-state index contributed by atoms with van der Waals surface area (Å²) in [5.74, 6) is 0.225. The minimum atomic E-state index is -0.354. The van der Waals surface area contributed by atoms with Crippen LogP contribution in [0.5, 0.6) is 5.75 Å². The van der Waals surface area contributed by atoms with Crippen molar-refractivity contribution in [2.24, 2.45) is 0 Å². The largest absolute Gasteiger partial charge is 0.494 e. The Balaban J connectivity index is 2.20. The van der Waals surface area contributed by atoms with Gasteiger partial charge in [-0.05, 0) is 42.0 Å². The van der Waals surface area contributed by atoms with E-state index in [1.54, 1.807) is 6.07 Å². The fourth-order valence-corrected chi connectivity index (χ4v) is 2.22. The van der Waals surface area contributed by atoms with Crippen molar-refractivity contribution in [3.05, 3.63) is 41.7 Å². The standard InChI is InChI=1S/C14H15FO2/c1-9-7-10(3-5-13(9)16)11-4-6-14(17-2)12(15)8-11/h4,6,8,10H,1,3,5,7H2,2H3. The predicted octanol–water partition coefficient (Wildman–Crippen LogP) is 3.23. The highest BCUT2D eigenvalue weighted by Gasteiger charge is 2.23. The third-order valence-electron chi connectivity index (χ3n) is 3.25. The first kappa shape index (κ1) is 11.8. The van der Waals surface area contributed by atoms with E-state index >= 15 is 0 Å². The second-order valence-corrected chi connectivity index (χ2v) is 4.36. The van der Waals surface area contributed by atoms with Crippen LogP contribution in [-0.4, -0.2) is 12.9 Å². The summed E-state index contributed by atoms with van der Waals surface area (Å²) in [6.07, 6.45) is 1.91. The molecule has 2 rings (SSSR count). The summed E-state index contributed by atoms with van der Waals surface area (Å²) >= 11 is 0. The van der Waals surface area contributed by atoms with Gasteiger partial charge in [0.05, 0.1) is 7.11 Å². The molecule has 1 aliphatic rings. The summed E-state index contributed by atoms with van der Waals surface area (Å²) < 4.78 is 18.4. The van der Waals surface area contributed by atoms with Crippen LogP contribution in [0.4, 0.5) is 4.39 Å². The van der Waals surface area contributed by atoms with Gasteiger partial charge in [-0.3, -0.25) is 4.79 Å². The molecular weight excluding hydrogens is 219 g/mol. The summed E-state index contributed by atoms with van der Waals surface area (Å²) in [7, 11) is 1.44. The summed E-state index contributed by atoms with van der Waals surface area (Å²) in [5.41, 5.74) is 1.56. The van der Waals surface area contributed by atoms with Gasteiger partial charge in [0.2, 0.25) is 0 Å². The lowest BCUT2D eigenvalue weighted by Crippen LogP contribution is -2.15. The Hall–Kier alpha value is -1.64. The molecule has 1 aliphatic carbocycles. The van der Waals surface area contributed by atoms with Gasteiger partial charge in [-0.15, -0.1) is 0 Å². The summed E-state index contributed by atoms with van der Waals surface area (Å²) in [6.45, 7) is 3.76. The van der Waals surface area contributed by atoms with Crippen molar-refractivity contribution in [2.75, 3.05) is 7.11 Å². The van der Waals surface area contributed by atoms with Crippen molar-refractivity contribution in [3.8, 4) is 5.75 Å². The first-order valence-corrected chi connectivity index (χ1v) is 5.66. The highest BCUT2D eigenvalue weighted by atomic mass is 19.1. The fourth-order valence-electron chi connectivity index (χ4n) is 2.22. The number of rotatable bonds is 2. The number of allylic oxidation sites excluding steroid dienone is 1. The second kappa shape index (κ2) is 4.70. The lowest BCUT2D eigenvalue weighted by molar-refractivity contribution is -0.116. The Morgan fingerprint density at radius 3 is 2.82 bits per heavy atom. The lowest BCUT2D eigenvalue weighted by Gasteiger charge is -2.23. The maximum Gasteiger partial charge on any atom is 0.165 e. The zero-order valence-corrected chi connectivity index (χ0v) is 9.83. The highest BCUT2D eigenvalue weighted by molar-refractivity contribution is 5.95. The lowest BCUT2D eigenvalue weighted by atomic mass is 9.81. The fraction of sp³-hybridized carbons (Fsp3) is 0.357. The predicted molar refractivity (Wildman–Crippen MR) is 63.7 cm³/mol. The van der Waals surface area contributed by atoms with Gasteiger partial charge >= 0.3 is 0 Å². The van der Waals surface area contributed by atoms with Crippen LogP contribution >= 0.6 is 0 Å². The average molecular weight is 234 g/mol. The smallest absolute Gasteiger partial charge is 0.165 e. The first-order chi connectivity index (χ1) is 8.11.